The summed E-state index contributed by atoms with van der Waals surface area (Å²) < 4.78 is 1.30. The van der Waals surface area contributed by atoms with Crippen molar-refractivity contribution < 1.29 is 4.79 Å². The first kappa shape index (κ1) is 12.2. The molecule has 5 heteroatoms. The van der Waals surface area contributed by atoms with Crippen molar-refractivity contribution in [1.29, 1.82) is 0 Å². The molecule has 0 fully saturated rings. The van der Waals surface area contributed by atoms with Gasteiger partial charge in [0.1, 0.15) is 5.69 Å². The molecule has 0 aliphatic heterocycles. The molecule has 0 radical (unpaired) electrons. The van der Waals surface area contributed by atoms with Gasteiger partial charge in [0.05, 0.1) is 5.69 Å². The summed E-state index contributed by atoms with van der Waals surface area (Å²) >= 11 is 0. The average Bonchev–Trinajstić information content (AvgIpc) is 2.35. The first-order chi connectivity index (χ1) is 8.49. The van der Waals surface area contributed by atoms with Crippen molar-refractivity contribution in [3.05, 3.63) is 46.0 Å². The van der Waals surface area contributed by atoms with E-state index in [9.17, 15) is 9.59 Å². The van der Waals surface area contributed by atoms with Gasteiger partial charge in [0.25, 0.3) is 5.56 Å². The van der Waals surface area contributed by atoms with Crippen LogP contribution < -0.4 is 5.56 Å². The van der Waals surface area contributed by atoms with Crippen molar-refractivity contribution in [3.63, 3.8) is 0 Å². The van der Waals surface area contributed by atoms with Crippen LogP contribution in [-0.4, -0.2) is 20.5 Å². The third-order valence-electron chi connectivity index (χ3n) is 2.66. The minimum Gasteiger partial charge on any atom is -0.293 e. The molecule has 0 unspecified atom stereocenters. The first-order valence-corrected chi connectivity index (χ1v) is 5.51. The van der Waals surface area contributed by atoms with Crippen LogP contribution in [0.4, 0.5) is 0 Å². The van der Waals surface area contributed by atoms with Crippen LogP contribution in [0.3, 0.4) is 0 Å². The molecule has 2 aromatic heterocycles. The third-order valence-corrected chi connectivity index (χ3v) is 2.66. The Kier molecular flexibility index (Phi) is 3.06. The quantitative estimate of drug-likeness (QED) is 0.747. The van der Waals surface area contributed by atoms with E-state index in [-0.39, 0.29) is 11.3 Å². The van der Waals surface area contributed by atoms with Crippen molar-refractivity contribution in [2.24, 2.45) is 7.05 Å². The van der Waals surface area contributed by atoms with Gasteiger partial charge >= 0.3 is 0 Å². The summed E-state index contributed by atoms with van der Waals surface area (Å²) in [5.74, 6) is -0.0776. The van der Waals surface area contributed by atoms with Gasteiger partial charge in [0.2, 0.25) is 0 Å². The fourth-order valence-corrected chi connectivity index (χ4v) is 1.65. The van der Waals surface area contributed by atoms with Gasteiger partial charge in [-0.1, -0.05) is 0 Å². The summed E-state index contributed by atoms with van der Waals surface area (Å²) in [5.41, 5.74) is 2.36. The number of pyridine rings is 1. The number of carbonyl (C=O) groups is 1. The first-order valence-electron chi connectivity index (χ1n) is 5.51. The van der Waals surface area contributed by atoms with E-state index in [1.54, 1.807) is 38.4 Å². The molecule has 2 aromatic rings. The van der Waals surface area contributed by atoms with Crippen LogP contribution in [0.15, 0.2) is 29.2 Å². The van der Waals surface area contributed by atoms with Crippen molar-refractivity contribution in [2.45, 2.75) is 13.8 Å². The van der Waals surface area contributed by atoms with Gasteiger partial charge < -0.3 is 0 Å². The fraction of sp³-hybridized carbons (Fsp3) is 0.231. The Balaban J connectivity index is 2.49. The minimum absolute atomic E-state index is 0.0776. The van der Waals surface area contributed by atoms with Gasteiger partial charge in [0, 0.05) is 31.3 Å². The predicted octanol–water partition coefficient (Wildman–Crippen LogP) is 1.35. The standard InChI is InChI=1S/C13H13N3O2/c1-8-6-12(15-16(3)13(8)18)10-4-5-11(9(2)17)14-7-10/h4-7H,1-3H3. The highest BCUT2D eigenvalue weighted by Gasteiger charge is 2.06. The summed E-state index contributed by atoms with van der Waals surface area (Å²) in [4.78, 5) is 26.7. The van der Waals surface area contributed by atoms with Crippen molar-refractivity contribution in [2.75, 3.05) is 0 Å². The van der Waals surface area contributed by atoms with Gasteiger partial charge in [-0.25, -0.2) is 4.68 Å². The van der Waals surface area contributed by atoms with E-state index in [1.807, 2.05) is 0 Å². The number of rotatable bonds is 2. The smallest absolute Gasteiger partial charge is 0.269 e. The lowest BCUT2D eigenvalue weighted by molar-refractivity contribution is 0.101. The Morgan fingerprint density at radius 2 is 2.06 bits per heavy atom. The summed E-state index contributed by atoms with van der Waals surface area (Å²) in [6.45, 7) is 3.21. The highest BCUT2D eigenvalue weighted by atomic mass is 16.1. The van der Waals surface area contributed by atoms with Gasteiger partial charge in [-0.05, 0) is 25.1 Å². The normalized spacial score (nSPS) is 10.4. The zero-order valence-corrected chi connectivity index (χ0v) is 10.5. The number of Topliss-reactive ketones (excluding diaryl/α,β-unsaturated/α-hetero) is 1. The zero-order chi connectivity index (χ0) is 13.3. The SMILES string of the molecule is CC(=O)c1ccc(-c2cc(C)c(=O)n(C)n2)cn1. The van der Waals surface area contributed by atoms with Crippen LogP contribution in [0, 0.1) is 6.92 Å². The predicted molar refractivity (Wildman–Crippen MR) is 67.5 cm³/mol. The van der Waals surface area contributed by atoms with Gasteiger partial charge in [-0.2, -0.15) is 5.10 Å². The van der Waals surface area contributed by atoms with Crippen LogP contribution in [0.2, 0.25) is 0 Å². The van der Waals surface area contributed by atoms with E-state index in [4.69, 9.17) is 0 Å². The van der Waals surface area contributed by atoms with E-state index < -0.39 is 0 Å². The molecule has 0 N–H and O–H groups in total. The Labute approximate surface area is 104 Å². The number of hydrogen-bond donors (Lipinski definition) is 0. The number of hydrogen-bond acceptors (Lipinski definition) is 4. The Bertz CT molecular complexity index is 631. The van der Waals surface area contributed by atoms with Crippen LogP contribution in [0.5, 0.6) is 0 Å². The molecule has 0 aliphatic rings. The van der Waals surface area contributed by atoms with Gasteiger partial charge in [-0.15, -0.1) is 0 Å². The summed E-state index contributed by atoms with van der Waals surface area (Å²) in [5, 5.41) is 4.16. The second-order valence-electron chi connectivity index (χ2n) is 4.13. The molecule has 2 rings (SSSR count). The zero-order valence-electron chi connectivity index (χ0n) is 10.5. The maximum Gasteiger partial charge on any atom is 0.269 e. The molecule has 0 aromatic carbocycles. The third kappa shape index (κ3) is 2.20. The van der Waals surface area contributed by atoms with E-state index in [1.165, 1.54) is 11.6 Å². The molecule has 0 saturated heterocycles. The van der Waals surface area contributed by atoms with E-state index in [0.29, 0.717) is 17.0 Å². The molecule has 0 amide bonds. The maximum absolute atomic E-state index is 11.5. The number of aryl methyl sites for hydroxylation is 2. The molecule has 0 aliphatic carbocycles. The van der Waals surface area contributed by atoms with Crippen molar-refractivity contribution in [3.8, 4) is 11.3 Å². The van der Waals surface area contributed by atoms with Crippen LogP contribution in [-0.2, 0) is 7.05 Å². The highest BCUT2D eigenvalue weighted by molar-refractivity contribution is 5.92. The maximum atomic E-state index is 11.5. The molecule has 18 heavy (non-hydrogen) atoms. The fourth-order valence-electron chi connectivity index (χ4n) is 1.65. The van der Waals surface area contributed by atoms with E-state index >= 15 is 0 Å². The molecule has 0 spiro atoms. The second-order valence-corrected chi connectivity index (χ2v) is 4.13. The molecule has 2 heterocycles. The lowest BCUT2D eigenvalue weighted by Gasteiger charge is -2.05. The second kappa shape index (κ2) is 4.52. The Morgan fingerprint density at radius 1 is 1.33 bits per heavy atom. The number of carbonyl (C=O) groups excluding carboxylic acids is 1. The van der Waals surface area contributed by atoms with Crippen molar-refractivity contribution >= 4 is 5.78 Å². The summed E-state index contributed by atoms with van der Waals surface area (Å²) in [7, 11) is 1.61. The van der Waals surface area contributed by atoms with Crippen molar-refractivity contribution in [1.82, 2.24) is 14.8 Å². The largest absolute Gasteiger partial charge is 0.293 e. The molecular weight excluding hydrogens is 230 g/mol. The monoisotopic (exact) mass is 243 g/mol. The minimum atomic E-state index is -0.118. The summed E-state index contributed by atoms with van der Waals surface area (Å²) in [6.07, 6.45) is 1.59. The average molecular weight is 243 g/mol. The summed E-state index contributed by atoms with van der Waals surface area (Å²) in [6, 6.07) is 5.14. The van der Waals surface area contributed by atoms with Crippen LogP contribution >= 0.6 is 0 Å². The lowest BCUT2D eigenvalue weighted by atomic mass is 10.1. The molecule has 0 atom stereocenters. The molecular formula is C13H13N3O2. The number of aromatic nitrogens is 3. The van der Waals surface area contributed by atoms with E-state index in [0.717, 1.165) is 5.56 Å². The van der Waals surface area contributed by atoms with Gasteiger partial charge in [0.15, 0.2) is 5.78 Å². The Hall–Kier alpha value is -2.30. The number of nitrogens with zero attached hydrogens (tertiary/aromatic N) is 3. The lowest BCUT2D eigenvalue weighted by Crippen LogP contribution is -2.22. The van der Waals surface area contributed by atoms with Crippen LogP contribution in [0.1, 0.15) is 23.0 Å². The van der Waals surface area contributed by atoms with Crippen LogP contribution in [0.25, 0.3) is 11.3 Å². The topological polar surface area (TPSA) is 64.8 Å². The molecule has 92 valence electrons. The molecule has 0 bridgehead atoms. The number of ketones is 1. The van der Waals surface area contributed by atoms with E-state index in [2.05, 4.69) is 10.1 Å². The Morgan fingerprint density at radius 3 is 2.56 bits per heavy atom. The molecule has 5 nitrogen and oxygen atoms in total. The highest BCUT2D eigenvalue weighted by Crippen LogP contribution is 2.15. The molecule has 0 saturated carbocycles. The van der Waals surface area contributed by atoms with Gasteiger partial charge in [-0.3, -0.25) is 14.6 Å².